The highest BCUT2D eigenvalue weighted by molar-refractivity contribution is 5.66. The van der Waals surface area contributed by atoms with Gasteiger partial charge in [-0.3, -0.25) is 0 Å². The van der Waals surface area contributed by atoms with Crippen LogP contribution in [0.1, 0.15) is 70.7 Å². The van der Waals surface area contributed by atoms with Gasteiger partial charge in [0.05, 0.1) is 23.7 Å². The second-order valence-electron chi connectivity index (χ2n) is 11.4. The highest BCUT2D eigenvalue weighted by atomic mass is 19.4. The van der Waals surface area contributed by atoms with Crippen LogP contribution in [-0.2, 0) is 25.4 Å². The molecule has 5 rings (SSSR count). The highest BCUT2D eigenvalue weighted by Gasteiger charge is 2.38. The molecule has 0 unspecified atom stereocenters. The fourth-order valence-corrected chi connectivity index (χ4v) is 5.82. The second-order valence-corrected chi connectivity index (χ2v) is 11.4. The zero-order valence-electron chi connectivity index (χ0n) is 23.9. The summed E-state index contributed by atoms with van der Waals surface area (Å²) in [5.41, 5.74) is 8.18. The van der Waals surface area contributed by atoms with Gasteiger partial charge in [0.1, 0.15) is 0 Å². The molecule has 1 fully saturated rings. The van der Waals surface area contributed by atoms with E-state index in [4.69, 9.17) is 5.73 Å². The molecule has 2 aromatic carbocycles. The van der Waals surface area contributed by atoms with E-state index >= 15 is 0 Å². The van der Waals surface area contributed by atoms with Crippen LogP contribution in [0.3, 0.4) is 0 Å². The lowest BCUT2D eigenvalue weighted by molar-refractivity contribution is -0.143. The average molecular weight is 596 g/mol. The Hall–Kier alpha value is -3.35. The van der Waals surface area contributed by atoms with Crippen LogP contribution in [0.2, 0.25) is 0 Å². The van der Waals surface area contributed by atoms with E-state index in [1.807, 2.05) is 6.92 Å². The van der Waals surface area contributed by atoms with Crippen LogP contribution in [-0.4, -0.2) is 39.8 Å². The Bertz CT molecular complexity index is 1390. The maximum atomic E-state index is 13.7. The van der Waals surface area contributed by atoms with Crippen LogP contribution in [0.15, 0.2) is 24.3 Å². The molecule has 2 N–H and O–H groups in total. The predicted molar refractivity (Wildman–Crippen MR) is 147 cm³/mol. The van der Waals surface area contributed by atoms with Crippen molar-refractivity contribution in [1.29, 1.82) is 0 Å². The van der Waals surface area contributed by atoms with Gasteiger partial charge in [0, 0.05) is 31.9 Å². The topological polar surface area (TPSA) is 76.1 Å². The first-order chi connectivity index (χ1) is 19.8. The monoisotopic (exact) mass is 595 g/mol. The molecular formula is C29H35F6N7. The number of rotatable bonds is 8. The summed E-state index contributed by atoms with van der Waals surface area (Å²) in [4.78, 5) is 5.39. The van der Waals surface area contributed by atoms with Gasteiger partial charge in [-0.1, -0.05) is 11.2 Å². The summed E-state index contributed by atoms with van der Waals surface area (Å²) in [6.07, 6.45) is -6.17. The van der Waals surface area contributed by atoms with E-state index < -0.39 is 29.5 Å². The van der Waals surface area contributed by atoms with E-state index in [0.717, 1.165) is 59.6 Å². The molecule has 2 heterocycles. The molecule has 0 bridgehead atoms. The Kier molecular flexibility index (Phi) is 8.16. The summed E-state index contributed by atoms with van der Waals surface area (Å²) in [6, 6.07) is 3.37. The molecule has 1 aliphatic heterocycles. The molecule has 1 saturated carbocycles. The zero-order valence-corrected chi connectivity index (χ0v) is 23.9. The van der Waals surface area contributed by atoms with Gasteiger partial charge < -0.3 is 15.5 Å². The summed E-state index contributed by atoms with van der Waals surface area (Å²) < 4.78 is 82.4. The number of fused-ring (bicyclic) bond motifs is 1. The van der Waals surface area contributed by atoms with Gasteiger partial charge in [0.25, 0.3) is 5.95 Å². The molecular weight excluding hydrogens is 560 g/mol. The number of halogens is 6. The van der Waals surface area contributed by atoms with Crippen molar-refractivity contribution < 1.29 is 26.3 Å². The quantitative estimate of drug-likeness (QED) is 0.306. The van der Waals surface area contributed by atoms with Crippen molar-refractivity contribution in [2.24, 2.45) is 11.7 Å². The first-order valence-corrected chi connectivity index (χ1v) is 14.1. The minimum atomic E-state index is -4.95. The summed E-state index contributed by atoms with van der Waals surface area (Å²) in [5, 5.41) is 12.7. The normalized spacial score (nSPS) is 17.8. The van der Waals surface area contributed by atoms with Gasteiger partial charge in [-0.15, -0.1) is 5.10 Å². The van der Waals surface area contributed by atoms with Gasteiger partial charge in [0.2, 0.25) is 0 Å². The van der Waals surface area contributed by atoms with Gasteiger partial charge in [0.15, 0.2) is 0 Å². The molecule has 7 nitrogen and oxygen atoms in total. The smallest absolute Gasteiger partial charge is 0.371 e. The summed E-state index contributed by atoms with van der Waals surface area (Å²) in [6.45, 7) is 8.08. The van der Waals surface area contributed by atoms with Crippen molar-refractivity contribution in [3.05, 3.63) is 63.2 Å². The summed E-state index contributed by atoms with van der Waals surface area (Å²) in [5.74, 6) is 0.743. The Morgan fingerprint density at radius 1 is 0.929 bits per heavy atom. The number of aryl methyl sites for hydroxylation is 1. The average Bonchev–Trinajstić information content (AvgIpc) is 3.65. The molecule has 13 heteroatoms. The van der Waals surface area contributed by atoms with Crippen LogP contribution in [0, 0.1) is 26.7 Å². The van der Waals surface area contributed by atoms with E-state index in [1.165, 1.54) is 17.6 Å². The predicted octanol–water partition coefficient (Wildman–Crippen LogP) is 6.35. The molecule has 228 valence electrons. The van der Waals surface area contributed by atoms with E-state index in [1.54, 1.807) is 4.90 Å². The van der Waals surface area contributed by atoms with Crippen LogP contribution >= 0.6 is 0 Å². The third kappa shape index (κ3) is 6.35. The number of nitrogens with zero attached hydrogens (tertiary/aromatic N) is 6. The third-order valence-corrected chi connectivity index (χ3v) is 8.32. The number of anilines is 2. The van der Waals surface area contributed by atoms with Gasteiger partial charge in [-0.25, -0.2) is 0 Å². The van der Waals surface area contributed by atoms with Gasteiger partial charge in [-0.05, 0) is 104 Å². The Labute approximate surface area is 240 Å². The van der Waals surface area contributed by atoms with Gasteiger partial charge >= 0.3 is 12.4 Å². The van der Waals surface area contributed by atoms with Crippen molar-refractivity contribution in [2.75, 3.05) is 29.4 Å². The number of hydrogen-bond donors (Lipinski definition) is 1. The minimum absolute atomic E-state index is 0.122. The molecule has 3 aromatic rings. The number of alkyl halides is 6. The van der Waals surface area contributed by atoms with Crippen molar-refractivity contribution in [3.63, 3.8) is 0 Å². The highest BCUT2D eigenvalue weighted by Crippen LogP contribution is 2.44. The summed E-state index contributed by atoms with van der Waals surface area (Å²) in [7, 11) is 0. The van der Waals surface area contributed by atoms with Gasteiger partial charge in [-0.2, -0.15) is 31.1 Å². The first-order valence-electron chi connectivity index (χ1n) is 14.1. The number of nitrogens with two attached hydrogens (primary N) is 1. The van der Waals surface area contributed by atoms with Crippen LogP contribution < -0.4 is 15.5 Å². The Morgan fingerprint density at radius 2 is 1.60 bits per heavy atom. The van der Waals surface area contributed by atoms with Crippen molar-refractivity contribution in [3.8, 4) is 0 Å². The van der Waals surface area contributed by atoms with Crippen LogP contribution in [0.5, 0.6) is 0 Å². The van der Waals surface area contributed by atoms with E-state index in [-0.39, 0.29) is 37.2 Å². The van der Waals surface area contributed by atoms with Crippen LogP contribution in [0.4, 0.5) is 38.0 Å². The maximum absolute atomic E-state index is 13.7. The van der Waals surface area contributed by atoms with Crippen molar-refractivity contribution >= 4 is 11.6 Å². The molecule has 0 spiro atoms. The SMILES string of the molecule is Cc1cc2c(c(C)c1C)N(CC1CC1)CCC[C@@H]2N(Cc1cc(C(F)(F)F)cc(C(F)(F)F)c1)c1nnn(CCN)n1. The maximum Gasteiger partial charge on any atom is 0.416 e. The molecule has 0 radical (unpaired) electrons. The van der Waals surface area contributed by atoms with E-state index in [2.05, 4.69) is 40.2 Å². The van der Waals surface area contributed by atoms with Crippen molar-refractivity contribution in [1.82, 2.24) is 20.2 Å². The Balaban J connectivity index is 1.65. The minimum Gasteiger partial charge on any atom is -0.371 e. The number of tetrazole rings is 1. The lowest BCUT2D eigenvalue weighted by Crippen LogP contribution is -2.31. The molecule has 1 atom stereocenters. The van der Waals surface area contributed by atoms with Crippen LogP contribution in [0.25, 0.3) is 0 Å². The number of aromatic nitrogens is 4. The third-order valence-electron chi connectivity index (χ3n) is 8.32. The van der Waals surface area contributed by atoms with E-state index in [0.29, 0.717) is 12.3 Å². The number of hydrogen-bond acceptors (Lipinski definition) is 6. The lowest BCUT2D eigenvalue weighted by atomic mass is 9.91. The molecule has 1 aromatic heterocycles. The largest absolute Gasteiger partial charge is 0.416 e. The fourth-order valence-electron chi connectivity index (χ4n) is 5.82. The summed E-state index contributed by atoms with van der Waals surface area (Å²) >= 11 is 0. The molecule has 2 aliphatic rings. The lowest BCUT2D eigenvalue weighted by Gasteiger charge is -2.34. The molecule has 1 aliphatic carbocycles. The zero-order chi connectivity index (χ0) is 30.4. The van der Waals surface area contributed by atoms with E-state index in [9.17, 15) is 26.3 Å². The standard InChI is InChI=1S/C29H35F6N7/c1-17-11-24-25(5-4-9-40(15-20-6-7-20)26(24)19(3)18(17)2)41(27-37-39-42(38-27)10-8-36)16-21-12-22(28(30,31)32)14-23(13-21)29(33,34)35/h11-14,20,25H,4-10,15-16,36H2,1-3H3/t25-/m0/s1. The molecule has 42 heavy (non-hydrogen) atoms. The molecule has 0 amide bonds. The number of benzene rings is 2. The fraction of sp³-hybridized carbons (Fsp3) is 0.552. The Morgan fingerprint density at radius 3 is 2.19 bits per heavy atom. The second kappa shape index (κ2) is 11.4. The first kappa shape index (κ1) is 30.1. The van der Waals surface area contributed by atoms with Crippen molar-refractivity contribution in [2.45, 2.75) is 77.9 Å². The molecule has 0 saturated heterocycles.